The predicted octanol–water partition coefficient (Wildman–Crippen LogP) is -0.920. The van der Waals surface area contributed by atoms with Gasteiger partial charge in [0.2, 0.25) is 0 Å². The number of rotatable bonds is 0. The normalized spacial score (nSPS) is 4.40. The van der Waals surface area contributed by atoms with Gasteiger partial charge in [-0.2, -0.15) is 0 Å². The molecule has 0 bridgehead atoms. The highest BCUT2D eigenvalue weighted by atomic mass is 16.3. The smallest absolute Gasteiger partial charge is 0.290 e. The van der Waals surface area contributed by atoms with E-state index in [2.05, 4.69) is 0 Å². The lowest BCUT2D eigenvalue weighted by molar-refractivity contribution is -0.123. The van der Waals surface area contributed by atoms with E-state index >= 15 is 0 Å². The highest BCUT2D eigenvalue weighted by Crippen LogP contribution is 1.50. The van der Waals surface area contributed by atoms with Crippen molar-refractivity contribution in [1.82, 2.24) is 0 Å². The fourth-order valence-electron chi connectivity index (χ4n) is 0. The number of carbonyl (C=O) groups excluding carboxylic acids is 1. The summed E-state index contributed by atoms with van der Waals surface area (Å²) in [5, 5.41) is 13.9. The molecule has 0 aromatic carbocycles. The molecule has 0 saturated carbocycles. The van der Waals surface area contributed by atoms with Crippen LogP contribution in [0, 0.1) is 0 Å². The molecule has 0 aliphatic carbocycles. The molecule has 64 valence electrons. The summed E-state index contributed by atoms with van der Waals surface area (Å²) in [4.78, 5) is 17.8. The molecule has 0 saturated heterocycles. The van der Waals surface area contributed by atoms with Gasteiger partial charge in [-0.1, -0.05) is 0 Å². The third-order valence-electron chi connectivity index (χ3n) is 0. The molecule has 0 spiro atoms. The van der Waals surface area contributed by atoms with Crippen molar-refractivity contribution in [3.05, 3.63) is 0 Å². The summed E-state index contributed by atoms with van der Waals surface area (Å²) in [6.45, 7) is 2.81. The number of carboxylic acid groups (broad SMARTS) is 1. The van der Waals surface area contributed by atoms with Crippen LogP contribution in [0.15, 0.2) is 0 Å². The molecule has 5 heteroatoms. The quantitative estimate of drug-likeness (QED) is 0.440. The van der Waals surface area contributed by atoms with E-state index in [0.29, 0.717) is 0 Å². The fourth-order valence-corrected chi connectivity index (χ4v) is 0. The van der Waals surface area contributed by atoms with Gasteiger partial charge >= 0.3 is 0 Å². The molecule has 10 heavy (non-hydrogen) atoms. The first-order valence-electron chi connectivity index (χ1n) is 2.15. The molecule has 0 aliphatic heterocycles. The summed E-state index contributed by atoms with van der Waals surface area (Å²) in [7, 11) is 1.00. The van der Waals surface area contributed by atoms with Gasteiger partial charge in [-0.25, -0.2) is 0 Å². The van der Waals surface area contributed by atoms with Gasteiger partial charge in [-0.15, -0.1) is 0 Å². The first kappa shape index (κ1) is 23.0. The van der Waals surface area contributed by atoms with Crippen molar-refractivity contribution >= 4 is 12.3 Å². The molecule has 0 atom stereocenters. The van der Waals surface area contributed by atoms with Crippen LogP contribution in [0.2, 0.25) is 0 Å². The van der Waals surface area contributed by atoms with E-state index in [-0.39, 0.29) is 17.7 Å². The standard InChI is InChI=1S/C3H6O.CH2O2.CH4O.H2O/c1-3(2)4;2-1-3;1-2;/h1-2H3;1H,(H,2,3);2H,1H3;1H2. The number of ketones is 1. The van der Waals surface area contributed by atoms with Crippen molar-refractivity contribution in [3.8, 4) is 0 Å². The van der Waals surface area contributed by atoms with Crippen molar-refractivity contribution in [2.45, 2.75) is 13.8 Å². The van der Waals surface area contributed by atoms with Crippen LogP contribution in [0.5, 0.6) is 0 Å². The van der Waals surface area contributed by atoms with Crippen LogP contribution in [0.4, 0.5) is 0 Å². The zero-order chi connectivity index (χ0) is 8.28. The average molecular weight is 154 g/mol. The molecule has 0 fully saturated rings. The number of Topliss-reactive ketones (excluding diaryl/α,β-unsaturated/α-hetero) is 1. The monoisotopic (exact) mass is 154 g/mol. The Bertz CT molecular complexity index is 57.1. The van der Waals surface area contributed by atoms with E-state index in [1.807, 2.05) is 0 Å². The molecule has 4 N–H and O–H groups in total. The van der Waals surface area contributed by atoms with Crippen LogP contribution in [0.1, 0.15) is 13.8 Å². The molecular weight excluding hydrogens is 140 g/mol. The number of hydrogen-bond acceptors (Lipinski definition) is 3. The molecule has 0 aromatic rings. The Morgan fingerprint density at radius 3 is 1.30 bits per heavy atom. The van der Waals surface area contributed by atoms with Gasteiger partial charge in [-0.05, 0) is 13.8 Å². The number of carbonyl (C=O) groups is 2. The van der Waals surface area contributed by atoms with Gasteiger partial charge in [-0.3, -0.25) is 4.79 Å². The summed E-state index contributed by atoms with van der Waals surface area (Å²) in [5.41, 5.74) is 0. The minimum Gasteiger partial charge on any atom is -0.483 e. The molecule has 0 unspecified atom stereocenters. The lowest BCUT2D eigenvalue weighted by Crippen LogP contribution is -1.69. The van der Waals surface area contributed by atoms with Crippen molar-refractivity contribution < 1.29 is 25.3 Å². The Kier molecular flexibility index (Phi) is 98.6. The fraction of sp³-hybridized carbons (Fsp3) is 0.600. The van der Waals surface area contributed by atoms with E-state index in [0.717, 1.165) is 7.11 Å². The van der Waals surface area contributed by atoms with Crippen molar-refractivity contribution in [3.63, 3.8) is 0 Å². The minimum absolute atomic E-state index is 0. The van der Waals surface area contributed by atoms with E-state index in [4.69, 9.17) is 15.0 Å². The number of aliphatic hydroxyl groups excluding tert-OH is 1. The van der Waals surface area contributed by atoms with Gasteiger partial charge in [0.05, 0.1) is 0 Å². The van der Waals surface area contributed by atoms with Crippen molar-refractivity contribution in [2.75, 3.05) is 7.11 Å². The first-order chi connectivity index (χ1) is 4.15. The van der Waals surface area contributed by atoms with Crippen LogP contribution >= 0.6 is 0 Å². The van der Waals surface area contributed by atoms with Crippen LogP contribution in [0.25, 0.3) is 0 Å². The summed E-state index contributed by atoms with van der Waals surface area (Å²) in [6, 6.07) is 0. The largest absolute Gasteiger partial charge is 0.483 e. The number of hydrogen-bond donors (Lipinski definition) is 2. The van der Waals surface area contributed by atoms with Crippen LogP contribution < -0.4 is 0 Å². The topological polar surface area (TPSA) is 106 Å². The Balaban J connectivity index is -0.0000000273. The molecule has 5 nitrogen and oxygen atoms in total. The van der Waals surface area contributed by atoms with Gasteiger partial charge in [0, 0.05) is 7.11 Å². The highest BCUT2D eigenvalue weighted by Gasteiger charge is 1.62. The predicted molar refractivity (Wildman–Crippen MR) is 36.8 cm³/mol. The maximum absolute atomic E-state index is 9.44. The summed E-state index contributed by atoms with van der Waals surface area (Å²) >= 11 is 0. The third-order valence-corrected chi connectivity index (χ3v) is 0. The molecular formula is C5H14O5. The van der Waals surface area contributed by atoms with Gasteiger partial charge in [0.25, 0.3) is 6.47 Å². The summed E-state index contributed by atoms with van der Waals surface area (Å²) in [5.74, 6) is 0.167. The highest BCUT2D eigenvalue weighted by molar-refractivity contribution is 5.72. The Labute approximate surface area is 59.6 Å². The second kappa shape index (κ2) is 42.9. The van der Waals surface area contributed by atoms with Gasteiger partial charge < -0.3 is 20.5 Å². The van der Waals surface area contributed by atoms with E-state index in [1.165, 1.54) is 13.8 Å². The van der Waals surface area contributed by atoms with E-state index in [1.54, 1.807) is 0 Å². The second-order valence-electron chi connectivity index (χ2n) is 1.01. The average Bonchev–Trinajstić information content (AvgIpc) is 1.71. The molecule has 0 heterocycles. The van der Waals surface area contributed by atoms with E-state index in [9.17, 15) is 4.79 Å². The van der Waals surface area contributed by atoms with Crippen LogP contribution in [0.3, 0.4) is 0 Å². The second-order valence-corrected chi connectivity index (χ2v) is 1.01. The SMILES string of the molecule is CC(C)=O.CO.O.O=CO. The first-order valence-corrected chi connectivity index (χ1v) is 2.15. The van der Waals surface area contributed by atoms with Crippen molar-refractivity contribution in [2.24, 2.45) is 0 Å². The minimum atomic E-state index is -0.250. The summed E-state index contributed by atoms with van der Waals surface area (Å²) < 4.78 is 0. The summed E-state index contributed by atoms with van der Waals surface area (Å²) in [6.07, 6.45) is 0. The Morgan fingerprint density at radius 1 is 1.30 bits per heavy atom. The third kappa shape index (κ3) is 293. The maximum Gasteiger partial charge on any atom is 0.290 e. The van der Waals surface area contributed by atoms with Crippen molar-refractivity contribution in [1.29, 1.82) is 0 Å². The lowest BCUT2D eigenvalue weighted by atomic mass is 10.6. The molecule has 0 amide bonds. The molecule has 0 rings (SSSR count). The maximum atomic E-state index is 9.44. The van der Waals surface area contributed by atoms with Gasteiger partial charge in [0.1, 0.15) is 5.78 Å². The van der Waals surface area contributed by atoms with Gasteiger partial charge in [0.15, 0.2) is 0 Å². The molecule has 0 radical (unpaired) electrons. The van der Waals surface area contributed by atoms with Crippen LogP contribution in [-0.4, -0.2) is 35.1 Å². The molecule has 0 aliphatic rings. The molecule has 0 aromatic heterocycles. The number of aliphatic hydroxyl groups is 1. The Hall–Kier alpha value is -0.940. The van der Waals surface area contributed by atoms with E-state index < -0.39 is 0 Å². The zero-order valence-corrected chi connectivity index (χ0v) is 6.29. The zero-order valence-electron chi connectivity index (χ0n) is 6.29. The lowest BCUT2D eigenvalue weighted by Gasteiger charge is -1.56. The van der Waals surface area contributed by atoms with Crippen LogP contribution in [-0.2, 0) is 9.59 Å². The Morgan fingerprint density at radius 2 is 1.30 bits per heavy atom.